The molecule has 0 atom stereocenters. The molecule has 9 heteroatoms. The highest BCUT2D eigenvalue weighted by Gasteiger charge is 2.24. The van der Waals surface area contributed by atoms with Gasteiger partial charge in [0.1, 0.15) is 11.5 Å². The number of carbonyl (C=O) groups is 2. The molecular formula is C26H25BrClN3O4. The van der Waals surface area contributed by atoms with Gasteiger partial charge in [-0.3, -0.25) is 9.59 Å². The molecule has 0 unspecified atom stereocenters. The number of anilines is 2. The zero-order valence-corrected chi connectivity index (χ0v) is 21.5. The lowest BCUT2D eigenvalue weighted by Gasteiger charge is -2.36. The molecule has 3 aromatic rings. The van der Waals surface area contributed by atoms with Crippen LogP contribution in [-0.2, 0) is 4.79 Å². The van der Waals surface area contributed by atoms with Gasteiger partial charge in [-0.05, 0) is 66.7 Å². The Hall–Kier alpha value is -3.23. The van der Waals surface area contributed by atoms with Crippen molar-refractivity contribution in [3.05, 3.63) is 81.8 Å². The molecule has 3 aromatic carbocycles. The predicted octanol–water partition coefficient (Wildman–Crippen LogP) is 5.09. The van der Waals surface area contributed by atoms with E-state index >= 15 is 0 Å². The molecule has 1 saturated heterocycles. The summed E-state index contributed by atoms with van der Waals surface area (Å²) < 4.78 is 11.8. The molecule has 0 aliphatic carbocycles. The Kier molecular flexibility index (Phi) is 8.15. The van der Waals surface area contributed by atoms with Crippen molar-refractivity contribution in [2.45, 2.75) is 0 Å². The van der Waals surface area contributed by atoms with Crippen LogP contribution in [0.4, 0.5) is 11.4 Å². The van der Waals surface area contributed by atoms with Gasteiger partial charge in [-0.2, -0.15) is 0 Å². The second-order valence-corrected chi connectivity index (χ2v) is 9.31. The Bertz CT molecular complexity index is 1180. The molecule has 0 saturated carbocycles. The molecule has 1 heterocycles. The maximum absolute atomic E-state index is 13.0. The average Bonchev–Trinajstić information content (AvgIpc) is 2.88. The van der Waals surface area contributed by atoms with Crippen molar-refractivity contribution in [3.8, 4) is 11.5 Å². The molecule has 1 N–H and O–H groups in total. The molecule has 4 rings (SSSR count). The third kappa shape index (κ3) is 6.46. The number of ether oxygens (including phenoxy) is 2. The van der Waals surface area contributed by atoms with Crippen molar-refractivity contribution in [2.75, 3.05) is 50.1 Å². The van der Waals surface area contributed by atoms with Gasteiger partial charge in [-0.25, -0.2) is 0 Å². The summed E-state index contributed by atoms with van der Waals surface area (Å²) in [5.41, 5.74) is 2.19. The summed E-state index contributed by atoms with van der Waals surface area (Å²) in [6.45, 7) is 2.49. The fourth-order valence-corrected chi connectivity index (χ4v) is 4.25. The zero-order chi connectivity index (χ0) is 24.8. The minimum Gasteiger partial charge on any atom is -0.496 e. The second kappa shape index (κ2) is 11.5. The first-order valence-corrected chi connectivity index (χ1v) is 12.3. The van der Waals surface area contributed by atoms with E-state index in [2.05, 4.69) is 26.1 Å². The Morgan fingerprint density at radius 3 is 2.31 bits per heavy atom. The van der Waals surface area contributed by atoms with Crippen LogP contribution in [0, 0.1) is 0 Å². The molecule has 2 amide bonds. The van der Waals surface area contributed by atoms with Gasteiger partial charge in [0.15, 0.2) is 6.61 Å². The van der Waals surface area contributed by atoms with E-state index in [-0.39, 0.29) is 18.4 Å². The average molecular weight is 559 g/mol. The van der Waals surface area contributed by atoms with Crippen LogP contribution in [0.15, 0.2) is 71.2 Å². The predicted molar refractivity (Wildman–Crippen MR) is 141 cm³/mol. The summed E-state index contributed by atoms with van der Waals surface area (Å²) in [6, 6.07) is 20.0. The molecule has 1 fully saturated rings. The Balaban J connectivity index is 1.28. The number of methoxy groups -OCH3 is 1. The first-order valence-electron chi connectivity index (χ1n) is 11.1. The van der Waals surface area contributed by atoms with Gasteiger partial charge < -0.3 is 24.6 Å². The quantitative estimate of drug-likeness (QED) is 0.437. The highest BCUT2D eigenvalue weighted by Crippen LogP contribution is 2.26. The molecule has 0 spiro atoms. The minimum absolute atomic E-state index is 0.0726. The van der Waals surface area contributed by atoms with E-state index in [9.17, 15) is 9.59 Å². The lowest BCUT2D eigenvalue weighted by atomic mass is 10.1. The molecule has 1 aliphatic rings. The lowest BCUT2D eigenvalue weighted by molar-refractivity contribution is -0.118. The molecular weight excluding hydrogens is 534 g/mol. The van der Waals surface area contributed by atoms with Crippen LogP contribution in [0.25, 0.3) is 0 Å². The van der Waals surface area contributed by atoms with Crippen LogP contribution in [0.2, 0.25) is 5.02 Å². The summed E-state index contributed by atoms with van der Waals surface area (Å²) in [5.74, 6) is 0.823. The fraction of sp³-hybridized carbons (Fsp3) is 0.231. The first kappa shape index (κ1) is 24.9. The molecule has 35 heavy (non-hydrogen) atoms. The van der Waals surface area contributed by atoms with Gasteiger partial charge in [0.2, 0.25) is 0 Å². The lowest BCUT2D eigenvalue weighted by Crippen LogP contribution is -2.48. The summed E-state index contributed by atoms with van der Waals surface area (Å²) in [7, 11) is 1.54. The van der Waals surface area contributed by atoms with Gasteiger partial charge in [0, 0.05) is 47.0 Å². The smallest absolute Gasteiger partial charge is 0.262 e. The highest BCUT2D eigenvalue weighted by molar-refractivity contribution is 9.10. The van der Waals surface area contributed by atoms with Crippen molar-refractivity contribution < 1.29 is 19.1 Å². The van der Waals surface area contributed by atoms with Crippen LogP contribution in [-0.4, -0.2) is 56.6 Å². The van der Waals surface area contributed by atoms with E-state index in [1.165, 1.54) is 0 Å². The van der Waals surface area contributed by atoms with Crippen molar-refractivity contribution in [1.82, 2.24) is 4.90 Å². The highest BCUT2D eigenvalue weighted by atomic mass is 79.9. The first-order chi connectivity index (χ1) is 16.9. The molecule has 0 radical (unpaired) electrons. The maximum atomic E-state index is 13.0. The maximum Gasteiger partial charge on any atom is 0.262 e. The third-order valence-corrected chi connectivity index (χ3v) is 6.42. The van der Waals surface area contributed by atoms with E-state index in [0.717, 1.165) is 10.2 Å². The van der Waals surface area contributed by atoms with E-state index in [1.807, 2.05) is 41.3 Å². The number of nitrogens with zero attached hydrogens (tertiary/aromatic N) is 2. The molecule has 1 aliphatic heterocycles. The number of piperazine rings is 1. The number of nitrogens with one attached hydrogen (secondary N) is 1. The number of carbonyl (C=O) groups excluding carboxylic acids is 2. The summed E-state index contributed by atoms with van der Waals surface area (Å²) in [5, 5.41) is 3.34. The SMILES string of the molecule is COc1ccc(Cl)cc1C(=O)N1CCN(c2ccc(NC(=O)COc3ccc(Br)cc3)cc2)CC1. The summed E-state index contributed by atoms with van der Waals surface area (Å²) >= 11 is 9.45. The monoisotopic (exact) mass is 557 g/mol. The van der Waals surface area contributed by atoms with Gasteiger partial charge in [-0.1, -0.05) is 27.5 Å². The number of hydrogen-bond donors (Lipinski definition) is 1. The van der Waals surface area contributed by atoms with Crippen molar-refractivity contribution in [2.24, 2.45) is 0 Å². The number of benzene rings is 3. The number of rotatable bonds is 7. The van der Waals surface area contributed by atoms with E-state index in [4.69, 9.17) is 21.1 Å². The van der Waals surface area contributed by atoms with Gasteiger partial charge in [-0.15, -0.1) is 0 Å². The summed E-state index contributed by atoms with van der Waals surface area (Å²) in [4.78, 5) is 29.2. The topological polar surface area (TPSA) is 71.1 Å². The molecule has 0 aromatic heterocycles. The molecule has 0 bridgehead atoms. The van der Waals surface area contributed by atoms with Gasteiger partial charge in [0.25, 0.3) is 11.8 Å². The number of halogens is 2. The Morgan fingerprint density at radius 1 is 0.971 bits per heavy atom. The summed E-state index contributed by atoms with van der Waals surface area (Å²) in [6.07, 6.45) is 0. The normalized spacial score (nSPS) is 13.3. The molecule has 7 nitrogen and oxygen atoms in total. The van der Waals surface area contributed by atoms with Crippen LogP contribution in [0.1, 0.15) is 10.4 Å². The van der Waals surface area contributed by atoms with E-state index < -0.39 is 0 Å². The van der Waals surface area contributed by atoms with Crippen LogP contribution >= 0.6 is 27.5 Å². The van der Waals surface area contributed by atoms with E-state index in [0.29, 0.717) is 54.0 Å². The standard InChI is InChI=1S/C26H25BrClN3O4/c1-34-24-11-4-19(28)16-23(24)26(33)31-14-12-30(13-15-31)21-7-5-20(6-8-21)29-25(32)17-35-22-9-2-18(27)3-10-22/h2-11,16H,12-15,17H2,1H3,(H,29,32). The number of amides is 2. The second-order valence-electron chi connectivity index (χ2n) is 7.96. The fourth-order valence-electron chi connectivity index (χ4n) is 3.82. The van der Waals surface area contributed by atoms with Crippen molar-refractivity contribution in [1.29, 1.82) is 0 Å². The Morgan fingerprint density at radius 2 is 1.66 bits per heavy atom. The van der Waals surface area contributed by atoms with Crippen LogP contribution in [0.5, 0.6) is 11.5 Å². The van der Waals surface area contributed by atoms with Gasteiger partial charge >= 0.3 is 0 Å². The Labute approximate surface area is 217 Å². The van der Waals surface area contributed by atoms with Crippen LogP contribution < -0.4 is 19.7 Å². The third-order valence-electron chi connectivity index (χ3n) is 5.66. The number of hydrogen-bond acceptors (Lipinski definition) is 5. The van der Waals surface area contributed by atoms with Crippen molar-refractivity contribution >= 4 is 50.7 Å². The molecule has 182 valence electrons. The van der Waals surface area contributed by atoms with Crippen molar-refractivity contribution in [3.63, 3.8) is 0 Å². The van der Waals surface area contributed by atoms with Crippen LogP contribution in [0.3, 0.4) is 0 Å². The largest absolute Gasteiger partial charge is 0.496 e. The zero-order valence-electron chi connectivity index (χ0n) is 19.2. The van der Waals surface area contributed by atoms with Gasteiger partial charge in [0.05, 0.1) is 12.7 Å². The minimum atomic E-state index is -0.232. The van der Waals surface area contributed by atoms with E-state index in [1.54, 1.807) is 37.4 Å².